The molecular weight excluding hydrogens is 441 g/mol. The van der Waals surface area contributed by atoms with Crippen molar-refractivity contribution in [2.24, 2.45) is 0 Å². The zero-order valence-corrected chi connectivity index (χ0v) is 19.2. The second-order valence-electron chi connectivity index (χ2n) is 8.20. The number of hydrogen-bond acceptors (Lipinski definition) is 3. The molecule has 4 rings (SSSR count). The van der Waals surface area contributed by atoms with E-state index in [1.54, 1.807) is 30.3 Å². The molecule has 0 bridgehead atoms. The zero-order valence-electron chi connectivity index (χ0n) is 19.2. The highest BCUT2D eigenvalue weighted by Gasteiger charge is 2.25. The molecule has 0 N–H and O–H groups in total. The summed E-state index contributed by atoms with van der Waals surface area (Å²) in [5.41, 5.74) is 2.66. The Morgan fingerprint density at radius 1 is 0.882 bits per heavy atom. The van der Waals surface area contributed by atoms with E-state index in [0.717, 1.165) is 18.4 Å². The summed E-state index contributed by atoms with van der Waals surface area (Å²) in [7, 11) is 1.29. The second-order valence-corrected chi connectivity index (χ2v) is 8.20. The fourth-order valence-corrected chi connectivity index (χ4v) is 4.08. The SMILES string of the molecule is CC=CCCC1OCC(c2ccc(-c3ccc(-c4ccc(OC)c(F)c4F)cc3)cc2F)CO1. The first-order valence-corrected chi connectivity index (χ1v) is 11.3. The van der Waals surface area contributed by atoms with Crippen molar-refractivity contribution in [3.63, 3.8) is 0 Å². The van der Waals surface area contributed by atoms with Crippen molar-refractivity contribution in [3.8, 4) is 28.0 Å². The van der Waals surface area contributed by atoms with E-state index in [2.05, 4.69) is 6.08 Å². The van der Waals surface area contributed by atoms with E-state index in [0.29, 0.717) is 29.9 Å². The summed E-state index contributed by atoms with van der Waals surface area (Å²) in [5, 5.41) is 0. The maximum absolute atomic E-state index is 15.0. The van der Waals surface area contributed by atoms with Crippen LogP contribution < -0.4 is 4.74 Å². The Hall–Kier alpha value is -3.09. The molecule has 0 unspecified atom stereocenters. The van der Waals surface area contributed by atoms with Crippen molar-refractivity contribution in [2.45, 2.75) is 32.0 Å². The molecule has 1 aliphatic rings. The van der Waals surface area contributed by atoms with Crippen LogP contribution >= 0.6 is 0 Å². The lowest BCUT2D eigenvalue weighted by Crippen LogP contribution is -2.31. The van der Waals surface area contributed by atoms with Crippen molar-refractivity contribution in [1.29, 1.82) is 0 Å². The van der Waals surface area contributed by atoms with E-state index in [1.807, 2.05) is 19.1 Å². The number of ether oxygens (including phenoxy) is 3. The van der Waals surface area contributed by atoms with Gasteiger partial charge in [0.15, 0.2) is 17.9 Å². The van der Waals surface area contributed by atoms with E-state index < -0.39 is 11.6 Å². The monoisotopic (exact) mass is 468 g/mol. The first kappa shape index (κ1) is 24.0. The molecule has 1 fully saturated rings. The molecule has 0 saturated carbocycles. The van der Waals surface area contributed by atoms with E-state index in [-0.39, 0.29) is 29.3 Å². The van der Waals surface area contributed by atoms with Gasteiger partial charge < -0.3 is 14.2 Å². The van der Waals surface area contributed by atoms with Crippen LogP contribution in [0.1, 0.15) is 31.2 Å². The third-order valence-electron chi connectivity index (χ3n) is 6.01. The topological polar surface area (TPSA) is 27.7 Å². The summed E-state index contributed by atoms with van der Waals surface area (Å²) in [6.07, 6.45) is 5.47. The number of benzene rings is 3. The van der Waals surface area contributed by atoms with E-state index in [1.165, 1.54) is 25.3 Å². The summed E-state index contributed by atoms with van der Waals surface area (Å²) >= 11 is 0. The van der Waals surface area contributed by atoms with Gasteiger partial charge in [0.2, 0.25) is 5.82 Å². The Balaban J connectivity index is 1.46. The molecule has 0 atom stereocenters. The third-order valence-corrected chi connectivity index (χ3v) is 6.01. The molecule has 178 valence electrons. The van der Waals surface area contributed by atoms with Gasteiger partial charge in [-0.3, -0.25) is 0 Å². The van der Waals surface area contributed by atoms with Crippen molar-refractivity contribution < 1.29 is 27.4 Å². The smallest absolute Gasteiger partial charge is 0.201 e. The summed E-state index contributed by atoms with van der Waals surface area (Å²) in [6.45, 7) is 2.80. The molecule has 0 spiro atoms. The first-order chi connectivity index (χ1) is 16.5. The zero-order chi connectivity index (χ0) is 24.1. The molecule has 1 heterocycles. The Labute approximate surface area is 197 Å². The van der Waals surface area contributed by atoms with E-state index in [4.69, 9.17) is 14.2 Å². The van der Waals surface area contributed by atoms with Gasteiger partial charge in [0.25, 0.3) is 0 Å². The van der Waals surface area contributed by atoms with Gasteiger partial charge >= 0.3 is 0 Å². The van der Waals surface area contributed by atoms with Gasteiger partial charge in [-0.15, -0.1) is 0 Å². The van der Waals surface area contributed by atoms with Crippen molar-refractivity contribution >= 4 is 0 Å². The fourth-order valence-electron chi connectivity index (χ4n) is 4.08. The maximum atomic E-state index is 15.0. The first-order valence-electron chi connectivity index (χ1n) is 11.3. The number of rotatable bonds is 7. The van der Waals surface area contributed by atoms with Gasteiger partial charge in [-0.05, 0) is 53.8 Å². The largest absolute Gasteiger partial charge is 0.494 e. The molecule has 3 nitrogen and oxygen atoms in total. The Bertz CT molecular complexity index is 1150. The number of methoxy groups -OCH3 is 1. The van der Waals surface area contributed by atoms with Gasteiger partial charge in [-0.25, -0.2) is 8.78 Å². The molecule has 6 heteroatoms. The molecule has 3 aromatic rings. The molecule has 1 aliphatic heterocycles. The minimum absolute atomic E-state index is 0.132. The van der Waals surface area contributed by atoms with Crippen LogP contribution in [0.5, 0.6) is 5.75 Å². The number of hydrogen-bond donors (Lipinski definition) is 0. The van der Waals surface area contributed by atoms with Gasteiger partial charge in [0.1, 0.15) is 5.82 Å². The van der Waals surface area contributed by atoms with Crippen molar-refractivity contribution in [2.75, 3.05) is 20.3 Å². The molecule has 3 aromatic carbocycles. The highest BCUT2D eigenvalue weighted by Crippen LogP contribution is 2.33. The Morgan fingerprint density at radius 2 is 1.56 bits per heavy atom. The van der Waals surface area contributed by atoms with Crippen LogP contribution in [0.25, 0.3) is 22.3 Å². The number of allylic oxidation sites excluding steroid dienone is 2. The molecular formula is C28H27F3O3. The average Bonchev–Trinajstić information content (AvgIpc) is 2.86. The minimum Gasteiger partial charge on any atom is -0.494 e. The van der Waals surface area contributed by atoms with Gasteiger partial charge in [-0.1, -0.05) is 48.6 Å². The van der Waals surface area contributed by atoms with Gasteiger partial charge in [0, 0.05) is 17.9 Å². The molecule has 0 aliphatic carbocycles. The van der Waals surface area contributed by atoms with Crippen LogP contribution in [0, 0.1) is 17.5 Å². The molecule has 1 saturated heterocycles. The van der Waals surface area contributed by atoms with Crippen LogP contribution in [0.2, 0.25) is 0 Å². The van der Waals surface area contributed by atoms with Crippen LogP contribution in [0.15, 0.2) is 66.7 Å². The molecule has 0 aromatic heterocycles. The summed E-state index contributed by atoms with van der Waals surface area (Å²) in [6, 6.07) is 14.8. The number of halogens is 3. The summed E-state index contributed by atoms with van der Waals surface area (Å²) in [5.74, 6) is -2.63. The lowest BCUT2D eigenvalue weighted by Gasteiger charge is -2.29. The van der Waals surface area contributed by atoms with Gasteiger partial charge in [-0.2, -0.15) is 4.39 Å². The molecule has 0 radical (unpaired) electrons. The summed E-state index contributed by atoms with van der Waals surface area (Å²) in [4.78, 5) is 0. The van der Waals surface area contributed by atoms with E-state index >= 15 is 0 Å². The Kier molecular flexibility index (Phi) is 7.70. The molecule has 34 heavy (non-hydrogen) atoms. The average molecular weight is 469 g/mol. The third kappa shape index (κ3) is 5.18. The predicted octanol–water partition coefficient (Wildman–Crippen LogP) is 7.26. The lowest BCUT2D eigenvalue weighted by atomic mass is 9.95. The van der Waals surface area contributed by atoms with Crippen LogP contribution in [-0.4, -0.2) is 26.6 Å². The maximum Gasteiger partial charge on any atom is 0.201 e. The van der Waals surface area contributed by atoms with Crippen molar-refractivity contribution in [1.82, 2.24) is 0 Å². The van der Waals surface area contributed by atoms with E-state index in [9.17, 15) is 13.2 Å². The normalized spacial score (nSPS) is 18.4. The highest BCUT2D eigenvalue weighted by molar-refractivity contribution is 5.71. The van der Waals surface area contributed by atoms with Crippen LogP contribution in [0.4, 0.5) is 13.2 Å². The lowest BCUT2D eigenvalue weighted by molar-refractivity contribution is -0.189. The van der Waals surface area contributed by atoms with Gasteiger partial charge in [0.05, 0.1) is 20.3 Å². The van der Waals surface area contributed by atoms with Crippen LogP contribution in [-0.2, 0) is 9.47 Å². The summed E-state index contributed by atoms with van der Waals surface area (Å²) < 4.78 is 59.8. The Morgan fingerprint density at radius 3 is 2.21 bits per heavy atom. The predicted molar refractivity (Wildman–Crippen MR) is 126 cm³/mol. The highest BCUT2D eigenvalue weighted by atomic mass is 19.2. The minimum atomic E-state index is -1.03. The molecule has 0 amide bonds. The van der Waals surface area contributed by atoms with Crippen LogP contribution in [0.3, 0.4) is 0 Å². The van der Waals surface area contributed by atoms with Crippen molar-refractivity contribution in [3.05, 3.63) is 89.8 Å². The standard InChI is InChI=1S/C28H27F3O3/c1-3-4-5-6-26-33-16-21(17-34-26)22-12-11-20(15-24(22)29)18-7-9-19(10-8-18)23-13-14-25(32-2)28(31)27(23)30/h3-4,7-15,21,26H,5-6,16-17H2,1-2H3. The quantitative estimate of drug-likeness (QED) is 0.342. The second kappa shape index (κ2) is 10.9. The fraction of sp³-hybridized carbons (Fsp3) is 0.286.